The molecule has 3 heteroatoms. The van der Waals surface area contributed by atoms with E-state index >= 15 is 0 Å². The van der Waals surface area contributed by atoms with E-state index < -0.39 is 0 Å². The van der Waals surface area contributed by atoms with Gasteiger partial charge < -0.3 is 9.64 Å². The monoisotopic (exact) mass is 606 g/mol. The molecule has 234 valence electrons. The van der Waals surface area contributed by atoms with E-state index in [-0.39, 0.29) is 5.41 Å². The fourth-order valence-electron chi connectivity index (χ4n) is 6.82. The summed E-state index contributed by atoms with van der Waals surface area (Å²) in [5, 5.41) is 0. The Bertz CT molecular complexity index is 1830. The zero-order valence-electron chi connectivity index (χ0n) is 28.4. The van der Waals surface area contributed by atoms with E-state index in [4.69, 9.17) is 4.74 Å². The molecule has 0 saturated carbocycles. The van der Waals surface area contributed by atoms with Gasteiger partial charge in [-0.2, -0.15) is 0 Å². The molecule has 0 amide bonds. The minimum Gasteiger partial charge on any atom is -0.474 e. The van der Waals surface area contributed by atoms with Gasteiger partial charge in [-0.3, -0.25) is 4.90 Å². The molecule has 0 unspecified atom stereocenters. The molecule has 0 spiro atoms. The Kier molecular flexibility index (Phi) is 8.77. The highest BCUT2D eigenvalue weighted by Crippen LogP contribution is 2.46. The number of benzene rings is 3. The lowest BCUT2D eigenvalue weighted by atomic mass is 9.72. The van der Waals surface area contributed by atoms with E-state index in [0.717, 1.165) is 24.4 Å². The fourth-order valence-corrected chi connectivity index (χ4v) is 6.82. The summed E-state index contributed by atoms with van der Waals surface area (Å²) in [5.74, 6) is 0.872. The Morgan fingerprint density at radius 3 is 1.78 bits per heavy atom. The first kappa shape index (κ1) is 31.2. The van der Waals surface area contributed by atoms with Gasteiger partial charge in [0.15, 0.2) is 5.88 Å². The number of hydrogen-bond donors (Lipinski definition) is 0. The Morgan fingerprint density at radius 1 is 0.652 bits per heavy atom. The molecule has 6 rings (SSSR count). The van der Waals surface area contributed by atoms with Crippen molar-refractivity contribution in [3.05, 3.63) is 172 Å². The van der Waals surface area contributed by atoms with E-state index in [0.29, 0.717) is 6.61 Å². The van der Waals surface area contributed by atoms with Gasteiger partial charge in [-0.15, -0.1) is 0 Å². The predicted molar refractivity (Wildman–Crippen MR) is 195 cm³/mol. The lowest BCUT2D eigenvalue weighted by Crippen LogP contribution is -2.30. The molecule has 0 fully saturated rings. The average molecular weight is 607 g/mol. The van der Waals surface area contributed by atoms with Crippen LogP contribution in [-0.4, -0.2) is 6.61 Å². The molecular formula is C43H46N2O. The predicted octanol–water partition coefficient (Wildman–Crippen LogP) is 11.5. The Hall–Kier alpha value is -4.76. The van der Waals surface area contributed by atoms with Crippen LogP contribution in [0.3, 0.4) is 0 Å². The molecular weight excluding hydrogens is 560 g/mol. The van der Waals surface area contributed by atoms with Crippen LogP contribution in [0.1, 0.15) is 57.2 Å². The summed E-state index contributed by atoms with van der Waals surface area (Å²) in [5.41, 5.74) is 14.7. The standard InChI is InChI=1S/C43H46N2O/c1-30-13-8-9-17-37(25-30)45(38-20-12-16-33(4)26-38)42-27-34(5)40(29-46-42)41-22-21-39(28-43(41,6)7)44(35-18-10-14-31(2)23-35)36-19-11-15-32(3)24-36/h8-16,18-27H,17,28-29H2,1-7H3. The topological polar surface area (TPSA) is 15.7 Å². The first-order valence-corrected chi connectivity index (χ1v) is 16.4. The molecule has 3 nitrogen and oxygen atoms in total. The zero-order chi connectivity index (χ0) is 32.4. The molecule has 46 heavy (non-hydrogen) atoms. The molecule has 0 radical (unpaired) electrons. The third kappa shape index (κ3) is 6.60. The average Bonchev–Trinajstić information content (AvgIpc) is 3.22. The van der Waals surface area contributed by atoms with E-state index in [1.54, 1.807) is 0 Å². The lowest BCUT2D eigenvalue weighted by molar-refractivity contribution is 0.224. The van der Waals surface area contributed by atoms with Crippen molar-refractivity contribution in [1.82, 2.24) is 0 Å². The van der Waals surface area contributed by atoms with Crippen molar-refractivity contribution in [3.63, 3.8) is 0 Å². The highest BCUT2D eigenvalue weighted by molar-refractivity contribution is 5.71. The Labute approximate surface area is 275 Å². The second-order valence-electron chi connectivity index (χ2n) is 13.6. The minimum absolute atomic E-state index is 0.0893. The molecule has 1 heterocycles. The van der Waals surface area contributed by atoms with Crippen LogP contribution in [0.25, 0.3) is 0 Å². The molecule has 3 aliphatic rings. The van der Waals surface area contributed by atoms with E-state index in [2.05, 4.69) is 174 Å². The number of aryl methyl sites for hydroxylation is 3. The van der Waals surface area contributed by atoms with E-state index in [1.807, 2.05) is 0 Å². The number of rotatable bonds is 7. The van der Waals surface area contributed by atoms with Gasteiger partial charge in [-0.1, -0.05) is 74.5 Å². The van der Waals surface area contributed by atoms with Gasteiger partial charge in [0, 0.05) is 41.0 Å². The summed E-state index contributed by atoms with van der Waals surface area (Å²) in [6.07, 6.45) is 17.4. The summed E-state index contributed by atoms with van der Waals surface area (Å²) in [7, 11) is 0. The van der Waals surface area contributed by atoms with Gasteiger partial charge in [0.25, 0.3) is 0 Å². The van der Waals surface area contributed by atoms with E-state index in [9.17, 15) is 0 Å². The van der Waals surface area contributed by atoms with Crippen LogP contribution < -0.4 is 9.80 Å². The number of anilines is 3. The summed E-state index contributed by atoms with van der Waals surface area (Å²) in [6.45, 7) is 16.1. The fraction of sp³-hybridized carbons (Fsp3) is 0.256. The van der Waals surface area contributed by atoms with Gasteiger partial charge >= 0.3 is 0 Å². The van der Waals surface area contributed by atoms with Gasteiger partial charge in [-0.05, 0) is 134 Å². The normalized spacial score (nSPS) is 17.6. The van der Waals surface area contributed by atoms with Gasteiger partial charge in [0.2, 0.25) is 0 Å². The summed E-state index contributed by atoms with van der Waals surface area (Å²) < 4.78 is 6.71. The largest absolute Gasteiger partial charge is 0.474 e. The van der Waals surface area contributed by atoms with Crippen molar-refractivity contribution < 1.29 is 4.74 Å². The smallest absolute Gasteiger partial charge is 0.198 e. The molecule has 0 aromatic heterocycles. The third-order valence-corrected chi connectivity index (χ3v) is 9.09. The van der Waals surface area contributed by atoms with Crippen molar-refractivity contribution >= 4 is 17.1 Å². The minimum atomic E-state index is -0.0893. The molecule has 0 bridgehead atoms. The maximum atomic E-state index is 6.71. The number of nitrogens with zero attached hydrogens (tertiary/aromatic N) is 2. The molecule has 3 aromatic rings. The molecule has 3 aromatic carbocycles. The van der Waals surface area contributed by atoms with Crippen LogP contribution in [0.4, 0.5) is 17.1 Å². The quantitative estimate of drug-likeness (QED) is 0.266. The van der Waals surface area contributed by atoms with Crippen LogP contribution in [0.5, 0.6) is 0 Å². The van der Waals surface area contributed by atoms with Crippen molar-refractivity contribution in [2.75, 3.05) is 16.4 Å². The lowest BCUT2D eigenvalue weighted by Gasteiger charge is -2.40. The van der Waals surface area contributed by atoms with Crippen LogP contribution in [-0.2, 0) is 4.74 Å². The maximum absolute atomic E-state index is 6.71. The highest BCUT2D eigenvalue weighted by Gasteiger charge is 2.34. The molecule has 1 aliphatic heterocycles. The van der Waals surface area contributed by atoms with Gasteiger partial charge in [0.05, 0.1) is 0 Å². The molecule has 2 aliphatic carbocycles. The van der Waals surface area contributed by atoms with Crippen LogP contribution in [0.2, 0.25) is 0 Å². The van der Waals surface area contributed by atoms with Gasteiger partial charge in [-0.25, -0.2) is 0 Å². The van der Waals surface area contributed by atoms with E-state index in [1.165, 1.54) is 61.8 Å². The highest BCUT2D eigenvalue weighted by atomic mass is 16.5. The first-order valence-electron chi connectivity index (χ1n) is 16.4. The molecule has 0 atom stereocenters. The van der Waals surface area contributed by atoms with Crippen LogP contribution in [0, 0.1) is 26.2 Å². The van der Waals surface area contributed by atoms with Crippen molar-refractivity contribution in [1.29, 1.82) is 0 Å². The Morgan fingerprint density at radius 2 is 1.24 bits per heavy atom. The molecule has 0 N–H and O–H groups in total. The summed E-state index contributed by atoms with van der Waals surface area (Å²) in [6, 6.07) is 26.3. The van der Waals surface area contributed by atoms with Crippen LogP contribution >= 0.6 is 0 Å². The van der Waals surface area contributed by atoms with Crippen molar-refractivity contribution in [2.24, 2.45) is 5.41 Å². The SMILES string of the molecule is CC1=CC=CCC(N(C2=CC(C)=C(C3=CC=C(N(c4cccc(C)c4)c4cccc(C)c4)CC3(C)C)CO2)c2cccc(C)c2)=C1. The Balaban J connectivity index is 1.40. The number of ether oxygens (including phenoxy) is 1. The maximum Gasteiger partial charge on any atom is 0.198 e. The second-order valence-corrected chi connectivity index (χ2v) is 13.6. The number of hydrogen-bond acceptors (Lipinski definition) is 3. The third-order valence-electron chi connectivity index (χ3n) is 9.09. The zero-order valence-corrected chi connectivity index (χ0v) is 28.4. The summed E-state index contributed by atoms with van der Waals surface area (Å²) in [4.78, 5) is 4.72. The van der Waals surface area contributed by atoms with Crippen LogP contribution in [0.15, 0.2) is 155 Å². The van der Waals surface area contributed by atoms with Gasteiger partial charge in [0.1, 0.15) is 6.61 Å². The first-order chi connectivity index (χ1) is 22.1. The van der Waals surface area contributed by atoms with Crippen molar-refractivity contribution in [3.8, 4) is 0 Å². The number of allylic oxidation sites excluding steroid dienone is 10. The molecule has 0 saturated heterocycles. The second kappa shape index (κ2) is 12.9. The van der Waals surface area contributed by atoms with Crippen molar-refractivity contribution in [2.45, 2.75) is 61.3 Å². The summed E-state index contributed by atoms with van der Waals surface area (Å²) >= 11 is 0.